The summed E-state index contributed by atoms with van der Waals surface area (Å²) in [4.78, 5) is 18.6. The third kappa shape index (κ3) is 4.17. The van der Waals surface area contributed by atoms with E-state index in [1.54, 1.807) is 30.5 Å². The van der Waals surface area contributed by atoms with E-state index < -0.39 is 0 Å². The zero-order valence-corrected chi connectivity index (χ0v) is 13.1. The first-order chi connectivity index (χ1) is 11.7. The molecule has 0 radical (unpaired) electrons. The lowest BCUT2D eigenvalue weighted by atomic mass is 10.2. The molecule has 0 atom stereocenters. The number of nitrogens with zero attached hydrogens (tertiary/aromatic N) is 2. The smallest absolute Gasteiger partial charge is 0.248 e. The molecule has 6 heteroatoms. The van der Waals surface area contributed by atoms with Gasteiger partial charge in [0.2, 0.25) is 5.91 Å². The number of anilines is 2. The molecule has 1 amide bonds. The molecule has 1 aromatic carbocycles. The fraction of sp³-hybridized carbons (Fsp3) is 0.222. The van der Waals surface area contributed by atoms with Crippen LogP contribution in [0.4, 0.5) is 15.9 Å². The molecule has 1 aliphatic rings. The van der Waals surface area contributed by atoms with Gasteiger partial charge in [-0.3, -0.25) is 4.79 Å². The van der Waals surface area contributed by atoms with E-state index in [0.29, 0.717) is 24.5 Å². The maximum Gasteiger partial charge on any atom is 0.248 e. The number of benzene rings is 1. The standard InChI is InChI=1S/C18H18FN3O2/c19-15-4-1-3-14(13-15)6-7-17(23)21-16-5-2-8-20-18(16)22-9-11-24-12-10-22/h1-8,13H,9-12H2,(H,21,23)/b7-6+. The van der Waals surface area contributed by atoms with Crippen LogP contribution in [0.1, 0.15) is 5.56 Å². The normalized spacial score (nSPS) is 14.8. The number of hydrogen-bond donors (Lipinski definition) is 1. The maximum atomic E-state index is 13.1. The van der Waals surface area contributed by atoms with Crippen molar-refractivity contribution in [1.82, 2.24) is 4.98 Å². The molecule has 24 heavy (non-hydrogen) atoms. The van der Waals surface area contributed by atoms with Gasteiger partial charge < -0.3 is 15.0 Å². The first-order valence-corrected chi connectivity index (χ1v) is 7.75. The Morgan fingerprint density at radius 1 is 1.25 bits per heavy atom. The van der Waals surface area contributed by atoms with Gasteiger partial charge in [0.05, 0.1) is 18.9 Å². The van der Waals surface area contributed by atoms with Crippen molar-refractivity contribution in [3.63, 3.8) is 0 Å². The monoisotopic (exact) mass is 327 g/mol. The van der Waals surface area contributed by atoms with Gasteiger partial charge in [0.15, 0.2) is 5.82 Å². The number of ether oxygens (including phenoxy) is 1. The van der Waals surface area contributed by atoms with Gasteiger partial charge in [-0.25, -0.2) is 9.37 Å². The van der Waals surface area contributed by atoms with Crippen LogP contribution in [-0.4, -0.2) is 37.2 Å². The molecule has 0 saturated carbocycles. The number of halogens is 1. The van der Waals surface area contributed by atoms with Crippen molar-refractivity contribution >= 4 is 23.5 Å². The van der Waals surface area contributed by atoms with E-state index in [9.17, 15) is 9.18 Å². The molecule has 3 rings (SSSR count). The summed E-state index contributed by atoms with van der Waals surface area (Å²) in [6.45, 7) is 2.75. The van der Waals surface area contributed by atoms with Gasteiger partial charge in [-0.15, -0.1) is 0 Å². The van der Waals surface area contributed by atoms with Crippen LogP contribution in [0.15, 0.2) is 48.7 Å². The number of nitrogens with one attached hydrogen (secondary N) is 1. The van der Waals surface area contributed by atoms with Crippen molar-refractivity contribution in [2.45, 2.75) is 0 Å². The molecule has 124 valence electrons. The Labute approximate surface area is 139 Å². The van der Waals surface area contributed by atoms with Crippen LogP contribution in [0.25, 0.3) is 6.08 Å². The second kappa shape index (κ2) is 7.70. The largest absolute Gasteiger partial charge is 0.378 e. The number of rotatable bonds is 4. The van der Waals surface area contributed by atoms with Gasteiger partial charge in [-0.2, -0.15) is 0 Å². The quantitative estimate of drug-likeness (QED) is 0.877. The summed E-state index contributed by atoms with van der Waals surface area (Å²) in [7, 11) is 0. The average Bonchev–Trinajstić information content (AvgIpc) is 2.61. The lowest BCUT2D eigenvalue weighted by Gasteiger charge is -2.29. The van der Waals surface area contributed by atoms with Crippen LogP contribution in [0, 0.1) is 5.82 Å². The maximum absolute atomic E-state index is 13.1. The zero-order chi connectivity index (χ0) is 16.8. The Bertz CT molecular complexity index is 743. The highest BCUT2D eigenvalue weighted by atomic mass is 19.1. The molecule has 1 aliphatic heterocycles. The number of morpholine rings is 1. The Morgan fingerprint density at radius 2 is 2.08 bits per heavy atom. The Balaban J connectivity index is 1.70. The molecule has 1 fully saturated rings. The van der Waals surface area contributed by atoms with Gasteiger partial charge in [0.1, 0.15) is 5.82 Å². The molecule has 2 aromatic rings. The predicted molar refractivity (Wildman–Crippen MR) is 91.3 cm³/mol. The van der Waals surface area contributed by atoms with Crippen LogP contribution >= 0.6 is 0 Å². The van der Waals surface area contributed by atoms with E-state index in [1.807, 2.05) is 6.07 Å². The van der Waals surface area contributed by atoms with Crippen molar-refractivity contribution in [1.29, 1.82) is 0 Å². The summed E-state index contributed by atoms with van der Waals surface area (Å²) in [6, 6.07) is 9.65. The highest BCUT2D eigenvalue weighted by Gasteiger charge is 2.16. The molecule has 0 unspecified atom stereocenters. The summed E-state index contributed by atoms with van der Waals surface area (Å²) in [5, 5.41) is 2.83. The van der Waals surface area contributed by atoms with E-state index in [4.69, 9.17) is 4.74 Å². The van der Waals surface area contributed by atoms with Crippen LogP contribution in [0.5, 0.6) is 0 Å². The molecular weight excluding hydrogens is 309 g/mol. The number of aromatic nitrogens is 1. The zero-order valence-electron chi connectivity index (χ0n) is 13.1. The topological polar surface area (TPSA) is 54.5 Å². The highest BCUT2D eigenvalue weighted by molar-refractivity contribution is 6.03. The first kappa shape index (κ1) is 16.1. The second-order valence-electron chi connectivity index (χ2n) is 5.35. The highest BCUT2D eigenvalue weighted by Crippen LogP contribution is 2.23. The Morgan fingerprint density at radius 3 is 2.88 bits per heavy atom. The fourth-order valence-electron chi connectivity index (χ4n) is 2.48. The number of carbonyl (C=O) groups is 1. The molecular formula is C18H18FN3O2. The van der Waals surface area contributed by atoms with E-state index in [-0.39, 0.29) is 11.7 Å². The minimum atomic E-state index is -0.334. The summed E-state index contributed by atoms with van der Waals surface area (Å²) in [5.41, 5.74) is 1.28. The molecule has 0 aliphatic carbocycles. The summed E-state index contributed by atoms with van der Waals surface area (Å²) < 4.78 is 18.5. The third-order valence-corrected chi connectivity index (χ3v) is 3.63. The third-order valence-electron chi connectivity index (χ3n) is 3.63. The summed E-state index contributed by atoms with van der Waals surface area (Å²) in [5.74, 6) is 0.106. The van der Waals surface area contributed by atoms with Crippen LogP contribution < -0.4 is 10.2 Å². The molecule has 1 N–H and O–H groups in total. The van der Waals surface area contributed by atoms with E-state index >= 15 is 0 Å². The minimum absolute atomic E-state index is 0.290. The lowest BCUT2D eigenvalue weighted by Crippen LogP contribution is -2.37. The van der Waals surface area contributed by atoms with Crippen molar-refractivity contribution in [3.05, 3.63) is 60.1 Å². The molecule has 5 nitrogen and oxygen atoms in total. The molecule has 1 saturated heterocycles. The lowest BCUT2D eigenvalue weighted by molar-refractivity contribution is -0.111. The first-order valence-electron chi connectivity index (χ1n) is 7.75. The second-order valence-corrected chi connectivity index (χ2v) is 5.35. The van der Waals surface area contributed by atoms with Crippen LogP contribution in [0.3, 0.4) is 0 Å². The van der Waals surface area contributed by atoms with Crippen molar-refractivity contribution in [2.75, 3.05) is 36.5 Å². The average molecular weight is 327 g/mol. The van der Waals surface area contributed by atoms with Gasteiger partial charge in [-0.1, -0.05) is 12.1 Å². The van der Waals surface area contributed by atoms with Gasteiger partial charge in [-0.05, 0) is 35.9 Å². The predicted octanol–water partition coefficient (Wildman–Crippen LogP) is 2.71. The number of amides is 1. The SMILES string of the molecule is O=C(/C=C/c1cccc(F)c1)Nc1cccnc1N1CCOCC1. The summed E-state index contributed by atoms with van der Waals surface area (Å²) in [6.07, 6.45) is 4.65. The summed E-state index contributed by atoms with van der Waals surface area (Å²) >= 11 is 0. The van der Waals surface area contributed by atoms with Crippen molar-refractivity contribution in [2.24, 2.45) is 0 Å². The number of pyridine rings is 1. The van der Waals surface area contributed by atoms with Crippen LogP contribution in [0.2, 0.25) is 0 Å². The van der Waals surface area contributed by atoms with E-state index in [2.05, 4.69) is 15.2 Å². The van der Waals surface area contributed by atoms with E-state index in [1.165, 1.54) is 18.2 Å². The molecule has 0 bridgehead atoms. The molecule has 2 heterocycles. The number of carbonyl (C=O) groups excluding carboxylic acids is 1. The van der Waals surface area contributed by atoms with E-state index in [0.717, 1.165) is 18.9 Å². The number of hydrogen-bond acceptors (Lipinski definition) is 4. The minimum Gasteiger partial charge on any atom is -0.378 e. The van der Waals surface area contributed by atoms with Crippen LogP contribution in [-0.2, 0) is 9.53 Å². The van der Waals surface area contributed by atoms with Crippen molar-refractivity contribution < 1.29 is 13.9 Å². The van der Waals surface area contributed by atoms with Gasteiger partial charge in [0, 0.05) is 25.4 Å². The Hall–Kier alpha value is -2.73. The molecule has 0 spiro atoms. The van der Waals surface area contributed by atoms with Gasteiger partial charge >= 0.3 is 0 Å². The fourth-order valence-corrected chi connectivity index (χ4v) is 2.48. The molecule has 1 aromatic heterocycles. The van der Waals surface area contributed by atoms with Crippen molar-refractivity contribution in [3.8, 4) is 0 Å². The Kier molecular flexibility index (Phi) is 5.18. The van der Waals surface area contributed by atoms with Gasteiger partial charge in [0.25, 0.3) is 0 Å².